The monoisotopic (exact) mass is 430 g/mol. The number of nitrogens with zero attached hydrogens (tertiary/aromatic N) is 4. The van der Waals surface area contributed by atoms with Crippen molar-refractivity contribution in [2.75, 3.05) is 37.4 Å². The van der Waals surface area contributed by atoms with Gasteiger partial charge in [-0.25, -0.2) is 4.39 Å². The number of halogens is 1. The molecule has 1 aromatic carbocycles. The van der Waals surface area contributed by atoms with Crippen LogP contribution in [0.25, 0.3) is 0 Å². The molecule has 168 valence electrons. The first kappa shape index (κ1) is 22.9. The normalized spacial score (nSPS) is 16.3. The van der Waals surface area contributed by atoms with Crippen LogP contribution in [-0.4, -0.2) is 58.4 Å². The number of likely N-dealkylation sites (tertiary alicyclic amines) is 1. The van der Waals surface area contributed by atoms with E-state index in [2.05, 4.69) is 37.4 Å². The van der Waals surface area contributed by atoms with E-state index in [1.54, 1.807) is 6.07 Å². The number of carbonyl (C=O) groups excluding carboxylic acids is 1. The molecule has 1 unspecified atom stereocenters. The fourth-order valence-electron chi connectivity index (χ4n) is 3.80. The third-order valence-electron chi connectivity index (χ3n) is 5.37. The first-order valence-electron chi connectivity index (χ1n) is 10.9. The highest BCUT2D eigenvalue weighted by Crippen LogP contribution is 2.23. The quantitative estimate of drug-likeness (QED) is 0.559. The number of methoxy groups -OCH3 is 1. The summed E-state index contributed by atoms with van der Waals surface area (Å²) in [4.78, 5) is 27.8. The smallest absolute Gasteiger partial charge is 0.232 e. The fraction of sp³-hybridized carbons (Fsp3) is 0.545. The molecule has 1 saturated heterocycles. The van der Waals surface area contributed by atoms with Crippen LogP contribution in [0.5, 0.6) is 5.75 Å². The lowest BCUT2D eigenvalue weighted by atomic mass is 10.2. The molecule has 8 nitrogen and oxygen atoms in total. The lowest BCUT2D eigenvalue weighted by Crippen LogP contribution is -2.35. The molecular formula is C22H31FN6O2. The van der Waals surface area contributed by atoms with Crippen molar-refractivity contribution in [3.63, 3.8) is 0 Å². The SMILES string of the molecule is CCCC(=O)Cc1nc(NCC2CCCN2CC)nc(Nc2ccc(OC)c(F)c2)n1. The van der Waals surface area contributed by atoms with Gasteiger partial charge in [-0.1, -0.05) is 13.8 Å². The first-order valence-corrected chi connectivity index (χ1v) is 10.9. The molecule has 2 heterocycles. The molecule has 1 fully saturated rings. The Morgan fingerprint density at radius 2 is 2.06 bits per heavy atom. The maximum atomic E-state index is 14.1. The second kappa shape index (κ2) is 11.0. The summed E-state index contributed by atoms with van der Waals surface area (Å²) >= 11 is 0. The molecule has 0 saturated carbocycles. The molecule has 0 spiro atoms. The Morgan fingerprint density at radius 1 is 1.26 bits per heavy atom. The molecular weight excluding hydrogens is 399 g/mol. The Morgan fingerprint density at radius 3 is 2.77 bits per heavy atom. The Labute approximate surface area is 182 Å². The third-order valence-corrected chi connectivity index (χ3v) is 5.37. The van der Waals surface area contributed by atoms with Crippen molar-refractivity contribution in [1.29, 1.82) is 0 Å². The average molecular weight is 431 g/mol. The minimum atomic E-state index is -0.487. The molecule has 0 aliphatic carbocycles. The highest BCUT2D eigenvalue weighted by atomic mass is 19.1. The van der Waals surface area contributed by atoms with Gasteiger partial charge in [0.2, 0.25) is 11.9 Å². The summed E-state index contributed by atoms with van der Waals surface area (Å²) in [6, 6.07) is 4.95. The van der Waals surface area contributed by atoms with E-state index in [1.807, 2.05) is 6.92 Å². The molecule has 2 N–H and O–H groups in total. The van der Waals surface area contributed by atoms with Gasteiger partial charge in [-0.05, 0) is 44.5 Å². The van der Waals surface area contributed by atoms with Crippen LogP contribution in [0.15, 0.2) is 18.2 Å². The largest absolute Gasteiger partial charge is 0.494 e. The molecule has 0 amide bonds. The predicted molar refractivity (Wildman–Crippen MR) is 118 cm³/mol. The van der Waals surface area contributed by atoms with Crippen molar-refractivity contribution in [1.82, 2.24) is 19.9 Å². The summed E-state index contributed by atoms with van der Waals surface area (Å²) in [6.45, 7) is 6.96. The van der Waals surface area contributed by atoms with E-state index < -0.39 is 5.82 Å². The third kappa shape index (κ3) is 6.33. The number of hydrogen-bond acceptors (Lipinski definition) is 8. The van der Waals surface area contributed by atoms with Crippen LogP contribution in [-0.2, 0) is 11.2 Å². The van der Waals surface area contributed by atoms with Crippen LogP contribution in [0.4, 0.5) is 22.0 Å². The highest BCUT2D eigenvalue weighted by Gasteiger charge is 2.23. The summed E-state index contributed by atoms with van der Waals surface area (Å²) in [5, 5.41) is 6.31. The van der Waals surface area contributed by atoms with Crippen molar-refractivity contribution in [3.05, 3.63) is 29.8 Å². The molecule has 1 aliphatic rings. The summed E-state index contributed by atoms with van der Waals surface area (Å²) in [6.07, 6.45) is 3.71. The fourth-order valence-corrected chi connectivity index (χ4v) is 3.80. The lowest BCUT2D eigenvalue weighted by molar-refractivity contribution is -0.118. The van der Waals surface area contributed by atoms with Crippen LogP contribution in [0.1, 0.15) is 45.4 Å². The summed E-state index contributed by atoms with van der Waals surface area (Å²) in [5.74, 6) is 0.819. The van der Waals surface area contributed by atoms with Gasteiger partial charge in [-0.2, -0.15) is 15.0 Å². The number of aromatic nitrogens is 3. The Bertz CT molecular complexity index is 894. The number of likely N-dealkylation sites (N-methyl/N-ethyl adjacent to an activating group) is 1. The van der Waals surface area contributed by atoms with Crippen LogP contribution >= 0.6 is 0 Å². The van der Waals surface area contributed by atoms with Crippen LogP contribution in [0.3, 0.4) is 0 Å². The first-order chi connectivity index (χ1) is 15.0. The highest BCUT2D eigenvalue weighted by molar-refractivity contribution is 5.80. The number of ketones is 1. The van der Waals surface area contributed by atoms with Crippen molar-refractivity contribution in [3.8, 4) is 5.75 Å². The second-order valence-corrected chi connectivity index (χ2v) is 7.64. The maximum absolute atomic E-state index is 14.1. The van der Waals surface area contributed by atoms with Crippen molar-refractivity contribution in [2.45, 2.75) is 52.0 Å². The molecule has 2 aromatic rings. The van der Waals surface area contributed by atoms with E-state index in [9.17, 15) is 9.18 Å². The molecule has 1 aromatic heterocycles. The molecule has 3 rings (SSSR count). The number of ether oxygens (including phenoxy) is 1. The van der Waals surface area contributed by atoms with E-state index in [4.69, 9.17) is 4.74 Å². The van der Waals surface area contributed by atoms with Gasteiger partial charge in [0.25, 0.3) is 0 Å². The molecule has 1 aliphatic heterocycles. The Kier molecular flexibility index (Phi) is 8.11. The zero-order chi connectivity index (χ0) is 22.2. The van der Waals surface area contributed by atoms with Gasteiger partial charge < -0.3 is 15.4 Å². The number of rotatable bonds is 11. The Balaban J connectivity index is 1.78. The number of nitrogens with one attached hydrogen (secondary N) is 2. The van der Waals surface area contributed by atoms with Gasteiger partial charge in [0.1, 0.15) is 11.6 Å². The number of benzene rings is 1. The van der Waals surface area contributed by atoms with Gasteiger partial charge in [0, 0.05) is 30.8 Å². The van der Waals surface area contributed by atoms with Gasteiger partial charge in [-0.3, -0.25) is 9.69 Å². The van der Waals surface area contributed by atoms with Crippen LogP contribution < -0.4 is 15.4 Å². The van der Waals surface area contributed by atoms with E-state index in [0.717, 1.165) is 32.5 Å². The standard InChI is InChI=1S/C22H31FN6O2/c1-4-7-17(30)13-20-26-21(24-14-16-8-6-11-29(16)5-2)28-22(27-20)25-15-9-10-19(31-3)18(23)12-15/h9-10,12,16H,4-8,11,13-14H2,1-3H3,(H2,24,25,26,27,28). The number of carbonyl (C=O) groups is 1. The Hall–Kier alpha value is -2.81. The van der Waals surface area contributed by atoms with E-state index in [-0.39, 0.29) is 23.9 Å². The maximum Gasteiger partial charge on any atom is 0.232 e. The van der Waals surface area contributed by atoms with E-state index >= 15 is 0 Å². The predicted octanol–water partition coefficient (Wildman–Crippen LogP) is 3.57. The van der Waals surface area contributed by atoms with E-state index in [1.165, 1.54) is 25.7 Å². The summed E-state index contributed by atoms with van der Waals surface area (Å²) in [7, 11) is 1.42. The van der Waals surface area contributed by atoms with Gasteiger partial charge >= 0.3 is 0 Å². The number of hydrogen-bond donors (Lipinski definition) is 2. The second-order valence-electron chi connectivity index (χ2n) is 7.64. The molecule has 1 atom stereocenters. The zero-order valence-corrected chi connectivity index (χ0v) is 18.4. The van der Waals surface area contributed by atoms with Crippen molar-refractivity contribution >= 4 is 23.4 Å². The minimum absolute atomic E-state index is 0.0778. The van der Waals surface area contributed by atoms with Gasteiger partial charge in [0.05, 0.1) is 13.5 Å². The number of anilines is 3. The minimum Gasteiger partial charge on any atom is -0.494 e. The summed E-state index contributed by atoms with van der Waals surface area (Å²) in [5.41, 5.74) is 0.481. The van der Waals surface area contributed by atoms with Crippen molar-refractivity contribution < 1.29 is 13.9 Å². The molecule has 31 heavy (non-hydrogen) atoms. The van der Waals surface area contributed by atoms with Crippen LogP contribution in [0.2, 0.25) is 0 Å². The zero-order valence-electron chi connectivity index (χ0n) is 18.4. The van der Waals surface area contributed by atoms with Crippen LogP contribution in [0, 0.1) is 5.82 Å². The topological polar surface area (TPSA) is 92.3 Å². The van der Waals surface area contributed by atoms with Gasteiger partial charge in [-0.15, -0.1) is 0 Å². The number of Topliss-reactive ketones (excluding diaryl/α,β-unsaturated/α-hetero) is 1. The molecule has 9 heteroatoms. The molecule has 0 radical (unpaired) electrons. The lowest BCUT2D eigenvalue weighted by Gasteiger charge is -2.23. The summed E-state index contributed by atoms with van der Waals surface area (Å²) < 4.78 is 19.0. The van der Waals surface area contributed by atoms with Gasteiger partial charge in [0.15, 0.2) is 11.6 Å². The van der Waals surface area contributed by atoms with Crippen molar-refractivity contribution in [2.24, 2.45) is 0 Å². The average Bonchev–Trinajstić information content (AvgIpc) is 3.20. The molecule has 0 bridgehead atoms. The van der Waals surface area contributed by atoms with E-state index in [0.29, 0.717) is 29.9 Å².